The second-order valence-corrected chi connectivity index (χ2v) is 6.72. The average Bonchev–Trinajstić information content (AvgIpc) is 3.17. The van der Waals surface area contributed by atoms with E-state index in [1.54, 1.807) is 6.07 Å². The zero-order valence-corrected chi connectivity index (χ0v) is 14.6. The van der Waals surface area contributed by atoms with Gasteiger partial charge in [-0.05, 0) is 35.1 Å². The van der Waals surface area contributed by atoms with Crippen molar-refractivity contribution in [2.24, 2.45) is 0 Å². The van der Waals surface area contributed by atoms with Crippen molar-refractivity contribution in [3.05, 3.63) is 88.1 Å². The van der Waals surface area contributed by atoms with Crippen molar-refractivity contribution >= 4 is 28.7 Å². The van der Waals surface area contributed by atoms with Gasteiger partial charge in [-0.3, -0.25) is 9.59 Å². The number of carbonyl (C=O) groups excluding carboxylic acids is 2. The van der Waals surface area contributed by atoms with Gasteiger partial charge in [0.15, 0.2) is 5.78 Å². The predicted octanol–water partition coefficient (Wildman–Crippen LogP) is 4.94. The molecule has 3 aromatic rings. The van der Waals surface area contributed by atoms with Crippen LogP contribution in [0.4, 0.5) is 5.69 Å². The van der Waals surface area contributed by atoms with E-state index in [2.05, 4.69) is 17.4 Å². The molecule has 0 saturated carbocycles. The first-order valence-electron chi connectivity index (χ1n) is 8.21. The highest BCUT2D eigenvalue weighted by molar-refractivity contribution is 7.12. The van der Waals surface area contributed by atoms with Crippen LogP contribution in [0.5, 0.6) is 0 Å². The summed E-state index contributed by atoms with van der Waals surface area (Å²) in [6, 6.07) is 21.6. The molecular formula is C21H19NO2S. The Bertz CT molecular complexity index is 841. The van der Waals surface area contributed by atoms with Crippen LogP contribution in [0.3, 0.4) is 0 Å². The Labute approximate surface area is 151 Å². The first-order chi connectivity index (χ1) is 12.2. The van der Waals surface area contributed by atoms with Crippen molar-refractivity contribution in [2.45, 2.75) is 19.3 Å². The molecule has 126 valence electrons. The van der Waals surface area contributed by atoms with Crippen LogP contribution in [-0.4, -0.2) is 11.7 Å². The molecule has 3 nitrogen and oxygen atoms in total. The van der Waals surface area contributed by atoms with Crippen molar-refractivity contribution in [2.75, 3.05) is 5.32 Å². The molecule has 0 atom stereocenters. The highest BCUT2D eigenvalue weighted by Gasteiger charge is 2.11. The maximum absolute atomic E-state index is 12.2. The molecule has 1 heterocycles. The number of amides is 1. The van der Waals surface area contributed by atoms with Crippen LogP contribution in [0.15, 0.2) is 72.1 Å². The molecule has 0 bridgehead atoms. The van der Waals surface area contributed by atoms with Gasteiger partial charge in [0.05, 0.1) is 4.88 Å². The maximum atomic E-state index is 12.2. The van der Waals surface area contributed by atoms with Gasteiger partial charge in [-0.15, -0.1) is 11.3 Å². The maximum Gasteiger partial charge on any atom is 0.224 e. The van der Waals surface area contributed by atoms with Crippen molar-refractivity contribution in [3.63, 3.8) is 0 Å². The van der Waals surface area contributed by atoms with Gasteiger partial charge >= 0.3 is 0 Å². The summed E-state index contributed by atoms with van der Waals surface area (Å²) < 4.78 is 0. The Morgan fingerprint density at radius 1 is 0.840 bits per heavy atom. The molecule has 0 spiro atoms. The lowest BCUT2D eigenvalue weighted by molar-refractivity contribution is -0.116. The topological polar surface area (TPSA) is 46.2 Å². The normalized spacial score (nSPS) is 10.4. The Morgan fingerprint density at radius 3 is 2.36 bits per heavy atom. The van der Waals surface area contributed by atoms with E-state index in [9.17, 15) is 9.59 Å². The highest BCUT2D eigenvalue weighted by Crippen LogP contribution is 2.20. The van der Waals surface area contributed by atoms with Crippen molar-refractivity contribution < 1.29 is 9.59 Å². The third-order valence-electron chi connectivity index (χ3n) is 3.90. The molecule has 2 aromatic carbocycles. The minimum atomic E-state index is -0.134. The fourth-order valence-electron chi connectivity index (χ4n) is 2.61. The Morgan fingerprint density at radius 2 is 1.60 bits per heavy atom. The minimum absolute atomic E-state index is 0.0164. The molecule has 1 amide bonds. The zero-order chi connectivity index (χ0) is 17.5. The van der Waals surface area contributed by atoms with Crippen LogP contribution < -0.4 is 5.32 Å². The van der Waals surface area contributed by atoms with Gasteiger partial charge in [-0.25, -0.2) is 0 Å². The zero-order valence-electron chi connectivity index (χ0n) is 13.8. The first kappa shape index (κ1) is 17.1. The van der Waals surface area contributed by atoms with Gasteiger partial charge in [0.25, 0.3) is 0 Å². The van der Waals surface area contributed by atoms with Crippen molar-refractivity contribution in [1.82, 2.24) is 0 Å². The average molecular weight is 349 g/mol. The number of para-hydroxylation sites is 1. The lowest BCUT2D eigenvalue weighted by atomic mass is 10.0. The summed E-state index contributed by atoms with van der Waals surface area (Å²) >= 11 is 1.41. The van der Waals surface area contributed by atoms with Crippen LogP contribution in [-0.2, 0) is 11.2 Å². The Balaban J connectivity index is 1.60. The van der Waals surface area contributed by atoms with Crippen LogP contribution in [0.2, 0.25) is 0 Å². The molecule has 0 fully saturated rings. The number of thiophene rings is 1. The standard InChI is InChI=1S/C21H19NO2S/c23-19(20-11-6-14-25-20)12-13-21(24)22-18-10-5-4-9-17(18)15-16-7-2-1-3-8-16/h1-11,14H,12-13,15H2,(H,22,24). The number of benzene rings is 2. The molecule has 3 rings (SSSR count). The summed E-state index contributed by atoms with van der Waals surface area (Å²) in [5, 5.41) is 4.81. The van der Waals surface area contributed by atoms with E-state index in [1.807, 2.05) is 53.9 Å². The van der Waals surface area contributed by atoms with Crippen LogP contribution in [0.1, 0.15) is 33.6 Å². The number of hydrogen-bond acceptors (Lipinski definition) is 3. The van der Waals surface area contributed by atoms with E-state index < -0.39 is 0 Å². The lowest BCUT2D eigenvalue weighted by Gasteiger charge is -2.11. The van der Waals surface area contributed by atoms with E-state index in [1.165, 1.54) is 16.9 Å². The highest BCUT2D eigenvalue weighted by atomic mass is 32.1. The predicted molar refractivity (Wildman–Crippen MR) is 102 cm³/mol. The number of hydrogen-bond donors (Lipinski definition) is 1. The molecule has 0 aliphatic carbocycles. The Hall–Kier alpha value is -2.72. The largest absolute Gasteiger partial charge is 0.326 e. The monoisotopic (exact) mass is 349 g/mol. The van der Waals surface area contributed by atoms with Gasteiger partial charge in [-0.1, -0.05) is 54.6 Å². The number of carbonyl (C=O) groups is 2. The molecule has 0 unspecified atom stereocenters. The fourth-order valence-corrected chi connectivity index (χ4v) is 3.31. The molecule has 1 N–H and O–H groups in total. The van der Waals surface area contributed by atoms with Crippen molar-refractivity contribution in [1.29, 1.82) is 0 Å². The summed E-state index contributed by atoms with van der Waals surface area (Å²) in [4.78, 5) is 24.9. The molecule has 25 heavy (non-hydrogen) atoms. The van der Waals surface area contributed by atoms with Gasteiger partial charge in [0.2, 0.25) is 5.91 Å². The van der Waals surface area contributed by atoms with Gasteiger partial charge < -0.3 is 5.32 Å². The third-order valence-corrected chi connectivity index (χ3v) is 4.81. The summed E-state index contributed by atoms with van der Waals surface area (Å²) in [7, 11) is 0. The molecule has 4 heteroatoms. The van der Waals surface area contributed by atoms with E-state index in [-0.39, 0.29) is 24.5 Å². The third kappa shape index (κ3) is 4.88. The second-order valence-electron chi connectivity index (χ2n) is 5.77. The Kier molecular flexibility index (Phi) is 5.75. The summed E-state index contributed by atoms with van der Waals surface area (Å²) in [5.41, 5.74) is 3.06. The molecule has 0 saturated heterocycles. The molecule has 1 aromatic heterocycles. The number of rotatable bonds is 7. The molecular weight excluding hydrogens is 330 g/mol. The van der Waals surface area contributed by atoms with E-state index in [0.29, 0.717) is 4.88 Å². The van der Waals surface area contributed by atoms with E-state index >= 15 is 0 Å². The number of nitrogens with one attached hydrogen (secondary N) is 1. The summed E-state index contributed by atoms with van der Waals surface area (Å²) in [5.74, 6) is -0.117. The molecule has 0 aliphatic heterocycles. The van der Waals surface area contributed by atoms with Gasteiger partial charge in [0.1, 0.15) is 0 Å². The smallest absolute Gasteiger partial charge is 0.224 e. The minimum Gasteiger partial charge on any atom is -0.326 e. The summed E-state index contributed by atoms with van der Waals surface area (Å²) in [6.45, 7) is 0. The van der Waals surface area contributed by atoms with Crippen LogP contribution in [0.25, 0.3) is 0 Å². The number of Topliss-reactive ketones (excluding diaryl/α,β-unsaturated/α-hetero) is 1. The second kappa shape index (κ2) is 8.40. The van der Waals surface area contributed by atoms with Gasteiger partial charge in [0, 0.05) is 18.5 Å². The molecule has 0 radical (unpaired) electrons. The van der Waals surface area contributed by atoms with E-state index in [4.69, 9.17) is 0 Å². The van der Waals surface area contributed by atoms with Crippen molar-refractivity contribution in [3.8, 4) is 0 Å². The molecule has 0 aliphatic rings. The number of anilines is 1. The first-order valence-corrected chi connectivity index (χ1v) is 9.09. The van der Waals surface area contributed by atoms with Crippen LogP contribution in [0, 0.1) is 0 Å². The van der Waals surface area contributed by atoms with E-state index in [0.717, 1.165) is 17.7 Å². The van der Waals surface area contributed by atoms with Crippen LogP contribution >= 0.6 is 11.3 Å². The van der Waals surface area contributed by atoms with Gasteiger partial charge in [-0.2, -0.15) is 0 Å². The SMILES string of the molecule is O=C(CCC(=O)c1cccs1)Nc1ccccc1Cc1ccccc1. The number of ketones is 1. The summed E-state index contributed by atoms with van der Waals surface area (Å²) in [6.07, 6.45) is 1.18. The lowest BCUT2D eigenvalue weighted by Crippen LogP contribution is -2.14. The quantitative estimate of drug-likeness (QED) is 0.614. The fraction of sp³-hybridized carbons (Fsp3) is 0.143.